The van der Waals surface area contributed by atoms with E-state index in [2.05, 4.69) is 154 Å². The van der Waals surface area contributed by atoms with Crippen LogP contribution in [0.5, 0.6) is 0 Å². The van der Waals surface area contributed by atoms with E-state index >= 15 is 0 Å². The Kier molecular flexibility index (Phi) is 53.5. The van der Waals surface area contributed by atoms with E-state index in [1.54, 1.807) is 0 Å². The number of allylic oxidation sites excluding steroid dienone is 22. The molecule has 2 N–H and O–H groups in total. The predicted molar refractivity (Wildman–Crippen MR) is 316 cm³/mol. The molecule has 3 atom stereocenters. The third-order valence-electron chi connectivity index (χ3n) is 11.5. The number of aliphatic hydroxyl groups is 1. The Balaban J connectivity index is 4.85. The van der Waals surface area contributed by atoms with E-state index in [1.165, 1.54) is 25.7 Å². The van der Waals surface area contributed by atoms with Crippen LogP contribution in [0.1, 0.15) is 213 Å². The number of esters is 3. The van der Waals surface area contributed by atoms with Gasteiger partial charge in [-0.2, -0.15) is 0 Å². The standard InChI is InChI=1S/C64H103O11P/c1-4-7-10-13-16-19-22-25-28-29-30-31-34-35-38-41-44-47-50-53-62(66)71-57-61(75-64(68)55-52-49-46-43-40-37-33-27-24-21-18-15-12-9-6-3)59-73-76(69,70)72-58-60(56-65)74-63(67)54-51-48-45-42-39-36-32-26-23-20-17-14-11-8-5-2/h8-9,11-12,16-21,25-28,30-33,39-40,42-43,60-61,65H,4-7,10,13-15,22-24,29,34-38,41,44-59H2,1-3H3,(H,69,70)/b11-8-,12-9-,19-16-,20-17-,21-18-,28-25-,31-30-,32-26-,33-27-,42-39-,43-40-. The van der Waals surface area contributed by atoms with Crippen LogP contribution in [0.2, 0.25) is 0 Å². The van der Waals surface area contributed by atoms with Gasteiger partial charge in [-0.1, -0.05) is 193 Å². The maximum Gasteiger partial charge on any atom is 0.472 e. The zero-order valence-electron chi connectivity index (χ0n) is 47.4. The number of unbranched alkanes of at least 4 members (excludes halogenated alkanes) is 13. The molecule has 0 aliphatic carbocycles. The van der Waals surface area contributed by atoms with Crippen molar-refractivity contribution in [2.24, 2.45) is 0 Å². The van der Waals surface area contributed by atoms with E-state index in [0.29, 0.717) is 19.3 Å². The lowest BCUT2D eigenvalue weighted by molar-refractivity contribution is -0.161. The lowest BCUT2D eigenvalue weighted by Crippen LogP contribution is -2.30. The molecule has 0 heterocycles. The van der Waals surface area contributed by atoms with Crippen LogP contribution in [-0.2, 0) is 42.2 Å². The number of carbonyl (C=O) groups excluding carboxylic acids is 3. The average molecular weight is 1080 g/mol. The van der Waals surface area contributed by atoms with Crippen molar-refractivity contribution in [3.63, 3.8) is 0 Å². The summed E-state index contributed by atoms with van der Waals surface area (Å²) in [5.74, 6) is -1.59. The minimum absolute atomic E-state index is 0.101. The topological polar surface area (TPSA) is 155 Å². The molecule has 76 heavy (non-hydrogen) atoms. The van der Waals surface area contributed by atoms with Crippen LogP contribution >= 0.6 is 7.82 Å². The third kappa shape index (κ3) is 54.4. The van der Waals surface area contributed by atoms with Gasteiger partial charge in [0.05, 0.1) is 19.8 Å². The fourth-order valence-electron chi connectivity index (χ4n) is 7.17. The van der Waals surface area contributed by atoms with Crippen molar-refractivity contribution in [3.8, 4) is 0 Å². The van der Waals surface area contributed by atoms with Crippen molar-refractivity contribution in [1.82, 2.24) is 0 Å². The second kappa shape index (κ2) is 56.8. The molecule has 0 fully saturated rings. The fraction of sp³-hybridized carbons (Fsp3) is 0.609. The minimum atomic E-state index is -4.78. The Labute approximate surface area is 461 Å². The highest BCUT2D eigenvalue weighted by Gasteiger charge is 2.28. The molecule has 0 saturated carbocycles. The summed E-state index contributed by atoms with van der Waals surface area (Å²) in [4.78, 5) is 48.5. The Morgan fingerprint density at radius 3 is 1.08 bits per heavy atom. The number of phosphoric acid groups is 1. The van der Waals surface area contributed by atoms with Crippen molar-refractivity contribution >= 4 is 25.7 Å². The summed E-state index contributed by atoms with van der Waals surface area (Å²) < 4.78 is 39.4. The zero-order valence-corrected chi connectivity index (χ0v) is 48.3. The first-order chi connectivity index (χ1) is 37.2. The van der Waals surface area contributed by atoms with Gasteiger partial charge in [-0.05, 0) is 135 Å². The number of hydrogen-bond acceptors (Lipinski definition) is 10. The molecule has 12 heteroatoms. The highest BCUT2D eigenvalue weighted by Crippen LogP contribution is 2.43. The van der Waals surface area contributed by atoms with E-state index in [1.807, 2.05) is 0 Å². The van der Waals surface area contributed by atoms with Crippen LogP contribution in [0.4, 0.5) is 0 Å². The van der Waals surface area contributed by atoms with E-state index in [4.69, 9.17) is 23.3 Å². The molecule has 3 unspecified atom stereocenters. The van der Waals surface area contributed by atoms with Crippen molar-refractivity contribution < 1.29 is 52.2 Å². The lowest BCUT2D eigenvalue weighted by atomic mass is 10.1. The van der Waals surface area contributed by atoms with Crippen molar-refractivity contribution in [2.45, 2.75) is 226 Å². The highest BCUT2D eigenvalue weighted by molar-refractivity contribution is 7.47. The molecule has 0 aromatic carbocycles. The number of hydrogen-bond donors (Lipinski definition) is 2. The summed E-state index contributed by atoms with van der Waals surface area (Å²) in [5, 5.41) is 9.81. The van der Waals surface area contributed by atoms with Crippen LogP contribution in [0.3, 0.4) is 0 Å². The number of ether oxygens (including phenoxy) is 3. The van der Waals surface area contributed by atoms with Gasteiger partial charge >= 0.3 is 25.7 Å². The van der Waals surface area contributed by atoms with E-state index in [-0.39, 0.29) is 25.9 Å². The Morgan fingerprint density at radius 1 is 0.382 bits per heavy atom. The molecule has 0 saturated heterocycles. The van der Waals surface area contributed by atoms with E-state index in [0.717, 1.165) is 128 Å². The smallest absolute Gasteiger partial charge is 0.462 e. The molecule has 0 rings (SSSR count). The number of carbonyl (C=O) groups is 3. The first-order valence-electron chi connectivity index (χ1n) is 29.1. The fourth-order valence-corrected chi connectivity index (χ4v) is 7.95. The van der Waals surface area contributed by atoms with Gasteiger partial charge in [-0.3, -0.25) is 23.4 Å². The zero-order chi connectivity index (χ0) is 55.5. The summed E-state index contributed by atoms with van der Waals surface area (Å²) in [6, 6.07) is 0. The van der Waals surface area contributed by atoms with Crippen LogP contribution < -0.4 is 0 Å². The number of aliphatic hydroxyl groups excluding tert-OH is 1. The third-order valence-corrected chi connectivity index (χ3v) is 12.5. The summed E-state index contributed by atoms with van der Waals surface area (Å²) in [6.45, 7) is 4.26. The van der Waals surface area contributed by atoms with Crippen molar-refractivity contribution in [1.29, 1.82) is 0 Å². The average Bonchev–Trinajstić information content (AvgIpc) is 3.41. The molecule has 11 nitrogen and oxygen atoms in total. The molecule has 430 valence electrons. The van der Waals surface area contributed by atoms with Crippen molar-refractivity contribution in [2.75, 3.05) is 26.4 Å². The van der Waals surface area contributed by atoms with Gasteiger partial charge in [0.2, 0.25) is 0 Å². The lowest BCUT2D eigenvalue weighted by Gasteiger charge is -2.21. The quantitative estimate of drug-likeness (QED) is 0.0197. The molecular formula is C64H103O11P. The maximum absolute atomic E-state index is 12.9. The first kappa shape index (κ1) is 71.6. The van der Waals surface area contributed by atoms with Gasteiger partial charge in [0.15, 0.2) is 6.10 Å². The van der Waals surface area contributed by atoms with Crippen molar-refractivity contribution in [3.05, 3.63) is 134 Å². The number of rotatable bonds is 52. The molecule has 0 spiro atoms. The summed E-state index contributed by atoms with van der Waals surface area (Å²) in [7, 11) is -4.78. The summed E-state index contributed by atoms with van der Waals surface area (Å²) in [6.07, 6.45) is 71.3. The Bertz CT molecular complexity index is 1780. The largest absolute Gasteiger partial charge is 0.472 e. The van der Waals surface area contributed by atoms with Gasteiger partial charge < -0.3 is 24.2 Å². The van der Waals surface area contributed by atoms with Crippen LogP contribution in [0, 0.1) is 0 Å². The van der Waals surface area contributed by atoms with Gasteiger partial charge in [0.1, 0.15) is 12.7 Å². The SMILES string of the molecule is CC/C=C\C/C=C\C/C=C\C/C=C\CCCCC(=O)OC(CO)COP(=O)(O)OCC(COC(=O)CCCCCCCC/C=C\C/C=C\C/C=C\CCCCC)OC(=O)CCCC/C=C\C/C=C\C/C=C\C/C=C\CC. The summed E-state index contributed by atoms with van der Waals surface area (Å²) in [5.41, 5.74) is 0. The Hall–Kier alpha value is -4.38. The monoisotopic (exact) mass is 1080 g/mol. The first-order valence-corrected chi connectivity index (χ1v) is 30.6. The normalized spacial score (nSPS) is 14.3. The van der Waals surface area contributed by atoms with Gasteiger partial charge in [0, 0.05) is 19.3 Å². The van der Waals surface area contributed by atoms with Gasteiger partial charge in [0.25, 0.3) is 0 Å². The maximum atomic E-state index is 12.9. The highest BCUT2D eigenvalue weighted by atomic mass is 31.2. The molecule has 0 amide bonds. The molecular weight excluding hydrogens is 976 g/mol. The molecule has 0 aromatic rings. The van der Waals surface area contributed by atoms with E-state index < -0.39 is 57.8 Å². The number of phosphoric ester groups is 1. The minimum Gasteiger partial charge on any atom is -0.462 e. The van der Waals surface area contributed by atoms with Crippen LogP contribution in [0.25, 0.3) is 0 Å². The van der Waals surface area contributed by atoms with Gasteiger partial charge in [-0.25, -0.2) is 4.57 Å². The molecule has 0 radical (unpaired) electrons. The van der Waals surface area contributed by atoms with Gasteiger partial charge in [-0.15, -0.1) is 0 Å². The molecule has 0 aliphatic heterocycles. The van der Waals surface area contributed by atoms with E-state index in [9.17, 15) is 28.9 Å². The second-order valence-corrected chi connectivity index (χ2v) is 20.1. The second-order valence-electron chi connectivity index (χ2n) is 18.7. The van der Waals surface area contributed by atoms with Crippen LogP contribution in [0.15, 0.2) is 134 Å². The van der Waals surface area contributed by atoms with Crippen LogP contribution in [-0.4, -0.2) is 66.5 Å². The molecule has 0 aliphatic rings. The predicted octanol–water partition coefficient (Wildman–Crippen LogP) is 17.4. The molecule has 0 aromatic heterocycles. The Morgan fingerprint density at radius 2 is 0.684 bits per heavy atom. The summed E-state index contributed by atoms with van der Waals surface area (Å²) >= 11 is 0. The molecule has 0 bridgehead atoms.